The van der Waals surface area contributed by atoms with Crippen LogP contribution < -0.4 is 0 Å². The lowest BCUT2D eigenvalue weighted by molar-refractivity contribution is -0.136. The lowest BCUT2D eigenvalue weighted by Crippen LogP contribution is -2.10. The van der Waals surface area contributed by atoms with Gasteiger partial charge in [-0.3, -0.25) is 14.5 Å². The van der Waals surface area contributed by atoms with Crippen molar-refractivity contribution in [3.05, 3.63) is 88.7 Å². The van der Waals surface area contributed by atoms with E-state index in [0.717, 1.165) is 70.8 Å². The Morgan fingerprint density at radius 2 is 1.65 bits per heavy atom. The number of fused-ring (bicyclic) bond motifs is 2. The number of carboxylic acid groups (broad SMARTS) is 1. The molecule has 0 aliphatic heterocycles. The highest BCUT2D eigenvalue weighted by Crippen LogP contribution is 2.42. The largest absolute Gasteiger partial charge is 0.481 e. The van der Waals surface area contributed by atoms with Gasteiger partial charge in [-0.15, -0.1) is 11.3 Å². The van der Waals surface area contributed by atoms with E-state index in [1.807, 2.05) is 68.3 Å². The quantitative estimate of drug-likeness (QED) is 0.203. The molecule has 9 heteroatoms. The van der Waals surface area contributed by atoms with Crippen LogP contribution in [0, 0.1) is 13.8 Å². The molecule has 220 valence electrons. The Hall–Kier alpha value is -4.11. The predicted molar refractivity (Wildman–Crippen MR) is 176 cm³/mol. The van der Waals surface area contributed by atoms with Crippen molar-refractivity contribution in [1.29, 1.82) is 0 Å². The summed E-state index contributed by atoms with van der Waals surface area (Å²) in [6, 6.07) is 17.8. The first kappa shape index (κ1) is 30.4. The van der Waals surface area contributed by atoms with Crippen molar-refractivity contribution < 1.29 is 15.0 Å². The maximum absolute atomic E-state index is 11.8. The number of hydrogen-bond donors (Lipinski definition) is 2. The second-order valence-corrected chi connectivity index (χ2v) is 13.0. The molecule has 2 N–H and O–H groups in total. The molecule has 0 aliphatic carbocycles. The summed E-state index contributed by atoms with van der Waals surface area (Å²) in [5.74, 6) is -0.868. The van der Waals surface area contributed by atoms with Gasteiger partial charge in [-0.25, -0.2) is 4.98 Å². The molecule has 0 bridgehead atoms. The standard InChI is InChI=1S/C30H23ClN4O2S.C4H10O/c1-16-10-25-29(28(22(16)13-27(36)37)18-4-7-21(31)8-5-18)38-30(34-25)23-12-24(32-14-17(23)2)19-6-9-26-20(11-19)15-33-35(26)3;1-4(2,3)5/h4-12,14-15H,13H2,1-3H3,(H,36,37);5H,1-3H3. The second-order valence-electron chi connectivity index (χ2n) is 11.6. The van der Waals surface area contributed by atoms with E-state index in [1.54, 1.807) is 32.1 Å². The molecule has 3 aromatic heterocycles. The van der Waals surface area contributed by atoms with Crippen molar-refractivity contribution in [1.82, 2.24) is 19.7 Å². The number of carbonyl (C=O) groups is 1. The van der Waals surface area contributed by atoms with Crippen LogP contribution in [0.3, 0.4) is 0 Å². The minimum absolute atomic E-state index is 0.0672. The minimum Gasteiger partial charge on any atom is -0.481 e. The molecule has 6 aromatic rings. The van der Waals surface area contributed by atoms with Gasteiger partial charge < -0.3 is 10.2 Å². The van der Waals surface area contributed by atoms with Gasteiger partial charge in [0.15, 0.2) is 0 Å². The van der Waals surface area contributed by atoms with E-state index >= 15 is 0 Å². The molecule has 3 aromatic carbocycles. The molecule has 0 unspecified atom stereocenters. The van der Waals surface area contributed by atoms with Gasteiger partial charge >= 0.3 is 5.97 Å². The number of hydrogen-bond acceptors (Lipinski definition) is 6. The van der Waals surface area contributed by atoms with Crippen LogP contribution in [0.15, 0.2) is 67.0 Å². The van der Waals surface area contributed by atoms with Crippen molar-refractivity contribution in [2.45, 2.75) is 46.6 Å². The van der Waals surface area contributed by atoms with Crippen LogP contribution in [-0.2, 0) is 18.3 Å². The number of halogens is 1. The Balaban J connectivity index is 0.000000682. The summed E-state index contributed by atoms with van der Waals surface area (Å²) < 4.78 is 2.81. The molecule has 0 fully saturated rings. The molecule has 3 heterocycles. The number of aliphatic hydroxyl groups is 1. The number of benzene rings is 3. The molecule has 0 aliphatic rings. The third-order valence-corrected chi connectivity index (χ3v) is 8.22. The number of aryl methyl sites for hydroxylation is 3. The van der Waals surface area contributed by atoms with Crippen molar-refractivity contribution >= 4 is 50.0 Å². The number of aromatic nitrogens is 4. The van der Waals surface area contributed by atoms with Gasteiger partial charge in [-0.05, 0) is 93.3 Å². The highest BCUT2D eigenvalue weighted by Gasteiger charge is 2.20. The molecule has 0 saturated heterocycles. The highest BCUT2D eigenvalue weighted by molar-refractivity contribution is 7.22. The zero-order valence-corrected chi connectivity index (χ0v) is 26.5. The van der Waals surface area contributed by atoms with Gasteiger partial charge in [0, 0.05) is 40.3 Å². The monoisotopic (exact) mass is 612 g/mol. The molecule has 7 nitrogen and oxygen atoms in total. The van der Waals surface area contributed by atoms with Crippen LogP contribution >= 0.6 is 22.9 Å². The van der Waals surface area contributed by atoms with Gasteiger partial charge in [-0.2, -0.15) is 5.10 Å². The molecular formula is C34H33ClN4O3S. The van der Waals surface area contributed by atoms with E-state index < -0.39 is 11.6 Å². The summed E-state index contributed by atoms with van der Waals surface area (Å²) in [5.41, 5.74) is 8.81. The van der Waals surface area contributed by atoms with E-state index in [-0.39, 0.29) is 6.42 Å². The zero-order chi connectivity index (χ0) is 31.1. The Morgan fingerprint density at radius 3 is 2.33 bits per heavy atom. The number of carboxylic acids is 1. The second kappa shape index (κ2) is 11.9. The minimum atomic E-state index is -0.868. The molecule has 6 rings (SSSR count). The van der Waals surface area contributed by atoms with E-state index in [0.29, 0.717) is 5.02 Å². The summed E-state index contributed by atoms with van der Waals surface area (Å²) in [6.45, 7) is 9.21. The number of thiazole rings is 1. The summed E-state index contributed by atoms with van der Waals surface area (Å²) in [5, 5.41) is 25.1. The topological polar surface area (TPSA) is 101 Å². The van der Waals surface area contributed by atoms with Gasteiger partial charge in [0.05, 0.1) is 39.6 Å². The first-order chi connectivity index (χ1) is 20.3. The molecule has 0 amide bonds. The molecule has 0 saturated carbocycles. The van der Waals surface area contributed by atoms with Crippen molar-refractivity contribution in [3.63, 3.8) is 0 Å². The fourth-order valence-electron chi connectivity index (χ4n) is 4.89. The number of nitrogens with zero attached hydrogens (tertiary/aromatic N) is 4. The Morgan fingerprint density at radius 1 is 0.977 bits per heavy atom. The predicted octanol–water partition coefficient (Wildman–Crippen LogP) is 8.25. The fourth-order valence-corrected chi connectivity index (χ4v) is 6.23. The Labute approximate surface area is 259 Å². The van der Waals surface area contributed by atoms with Crippen LogP contribution in [0.5, 0.6) is 0 Å². The fraction of sp³-hybridized carbons (Fsp3) is 0.235. The van der Waals surface area contributed by atoms with Crippen LogP contribution in [0.25, 0.3) is 54.1 Å². The third kappa shape index (κ3) is 6.77. The maximum atomic E-state index is 11.8. The number of aliphatic carboxylic acids is 1. The van der Waals surface area contributed by atoms with Gasteiger partial charge in [-0.1, -0.05) is 29.8 Å². The number of pyridine rings is 1. The molecular weight excluding hydrogens is 580 g/mol. The number of rotatable bonds is 5. The lowest BCUT2D eigenvalue weighted by Gasteiger charge is -2.13. The smallest absolute Gasteiger partial charge is 0.307 e. The van der Waals surface area contributed by atoms with Crippen molar-refractivity contribution in [2.75, 3.05) is 0 Å². The maximum Gasteiger partial charge on any atom is 0.307 e. The zero-order valence-electron chi connectivity index (χ0n) is 24.9. The lowest BCUT2D eigenvalue weighted by atomic mass is 9.93. The summed E-state index contributed by atoms with van der Waals surface area (Å²) >= 11 is 7.73. The normalized spacial score (nSPS) is 11.5. The Bertz CT molecular complexity index is 1960. The summed E-state index contributed by atoms with van der Waals surface area (Å²) in [7, 11) is 1.93. The average Bonchev–Trinajstić information content (AvgIpc) is 3.51. The van der Waals surface area contributed by atoms with Crippen molar-refractivity contribution in [3.8, 4) is 33.0 Å². The van der Waals surface area contributed by atoms with Crippen LogP contribution in [-0.4, -0.2) is 41.5 Å². The Kier molecular flexibility index (Phi) is 8.38. The average molecular weight is 613 g/mol. The third-order valence-electron chi connectivity index (χ3n) is 6.85. The summed E-state index contributed by atoms with van der Waals surface area (Å²) in [4.78, 5) is 21.5. The van der Waals surface area contributed by atoms with Crippen LogP contribution in [0.1, 0.15) is 37.5 Å². The first-order valence-corrected chi connectivity index (χ1v) is 15.0. The van der Waals surface area contributed by atoms with E-state index in [2.05, 4.69) is 29.4 Å². The van der Waals surface area contributed by atoms with E-state index in [9.17, 15) is 9.90 Å². The molecule has 0 spiro atoms. The molecule has 43 heavy (non-hydrogen) atoms. The SMILES string of the molecule is CC(C)(C)O.Cc1cnc(-c2ccc3c(cnn3C)c2)cc1-c1nc2cc(C)c(CC(=O)O)c(-c3ccc(Cl)cc3)c2s1. The van der Waals surface area contributed by atoms with Crippen LogP contribution in [0.2, 0.25) is 5.02 Å². The first-order valence-electron chi connectivity index (χ1n) is 13.8. The van der Waals surface area contributed by atoms with Crippen LogP contribution in [0.4, 0.5) is 0 Å². The highest BCUT2D eigenvalue weighted by atomic mass is 35.5. The van der Waals surface area contributed by atoms with E-state index in [4.69, 9.17) is 26.7 Å². The van der Waals surface area contributed by atoms with E-state index in [1.165, 1.54) is 0 Å². The van der Waals surface area contributed by atoms with Gasteiger partial charge in [0.1, 0.15) is 5.01 Å². The van der Waals surface area contributed by atoms with Gasteiger partial charge in [0.2, 0.25) is 0 Å². The van der Waals surface area contributed by atoms with Crippen molar-refractivity contribution in [2.24, 2.45) is 7.05 Å². The van der Waals surface area contributed by atoms with Gasteiger partial charge in [0.25, 0.3) is 0 Å². The molecule has 0 atom stereocenters. The summed E-state index contributed by atoms with van der Waals surface area (Å²) in [6.07, 6.45) is 3.67. The molecule has 0 radical (unpaired) electrons.